The van der Waals surface area contributed by atoms with Crippen LogP contribution in [0.4, 0.5) is 5.69 Å². The Morgan fingerprint density at radius 1 is 0.906 bits per heavy atom. The van der Waals surface area contributed by atoms with Crippen molar-refractivity contribution in [3.8, 4) is 11.5 Å². The van der Waals surface area contributed by atoms with Crippen LogP contribution in [0.3, 0.4) is 0 Å². The van der Waals surface area contributed by atoms with Crippen molar-refractivity contribution in [2.45, 2.75) is 0 Å². The first kappa shape index (κ1) is 22.5. The van der Waals surface area contributed by atoms with Gasteiger partial charge in [-0.3, -0.25) is 9.59 Å². The van der Waals surface area contributed by atoms with E-state index >= 15 is 0 Å². The van der Waals surface area contributed by atoms with Crippen LogP contribution in [0.25, 0.3) is 0 Å². The van der Waals surface area contributed by atoms with Gasteiger partial charge in [0.2, 0.25) is 0 Å². The van der Waals surface area contributed by atoms with Gasteiger partial charge in [-0.1, -0.05) is 35.9 Å². The van der Waals surface area contributed by atoms with Gasteiger partial charge in [0.1, 0.15) is 11.5 Å². The zero-order valence-electron chi connectivity index (χ0n) is 16.9. The van der Waals surface area contributed by atoms with Gasteiger partial charge in [-0.2, -0.15) is 5.10 Å². The number of hydrogen-bond acceptors (Lipinski definition) is 6. The summed E-state index contributed by atoms with van der Waals surface area (Å²) in [6.07, 6.45) is 1.31. The molecule has 0 aliphatic rings. The summed E-state index contributed by atoms with van der Waals surface area (Å²) in [5.74, 6) is -1.51. The Labute approximate surface area is 188 Å². The minimum absolute atomic E-state index is 0.289. The van der Waals surface area contributed by atoms with Crippen LogP contribution >= 0.6 is 11.6 Å². The van der Waals surface area contributed by atoms with Gasteiger partial charge >= 0.3 is 17.8 Å². The number of rotatable bonds is 6. The Balaban J connectivity index is 1.56. The highest BCUT2D eigenvalue weighted by Crippen LogP contribution is 2.20. The number of nitrogens with one attached hydrogen (secondary N) is 2. The van der Waals surface area contributed by atoms with Gasteiger partial charge in [0.25, 0.3) is 0 Å². The van der Waals surface area contributed by atoms with Crippen molar-refractivity contribution in [2.24, 2.45) is 5.10 Å². The number of halogens is 1. The summed E-state index contributed by atoms with van der Waals surface area (Å²) in [5, 5.41) is 6.45. The molecule has 0 saturated carbocycles. The van der Waals surface area contributed by atoms with Crippen molar-refractivity contribution >= 4 is 41.3 Å². The Kier molecular flexibility index (Phi) is 7.55. The lowest BCUT2D eigenvalue weighted by atomic mass is 10.2. The first-order valence-electron chi connectivity index (χ1n) is 9.31. The molecule has 8 nitrogen and oxygen atoms in total. The number of hydrogen-bond donors (Lipinski definition) is 2. The second-order valence-corrected chi connectivity index (χ2v) is 6.73. The first-order chi connectivity index (χ1) is 15.5. The molecule has 3 aromatic carbocycles. The van der Waals surface area contributed by atoms with E-state index in [0.717, 1.165) is 0 Å². The molecule has 0 aliphatic carbocycles. The first-order valence-corrected chi connectivity index (χ1v) is 9.69. The van der Waals surface area contributed by atoms with Gasteiger partial charge in [-0.05, 0) is 54.1 Å². The van der Waals surface area contributed by atoms with Gasteiger partial charge in [0.05, 0.1) is 29.6 Å². The summed E-state index contributed by atoms with van der Waals surface area (Å²) >= 11 is 5.94. The molecule has 0 aromatic heterocycles. The average Bonchev–Trinajstić information content (AvgIpc) is 2.80. The van der Waals surface area contributed by atoms with Gasteiger partial charge in [-0.25, -0.2) is 10.2 Å². The molecule has 0 saturated heterocycles. The molecule has 0 unspecified atom stereocenters. The molecule has 2 N–H and O–H groups in total. The Morgan fingerprint density at radius 2 is 1.66 bits per heavy atom. The van der Waals surface area contributed by atoms with E-state index in [0.29, 0.717) is 27.6 Å². The molecule has 162 valence electrons. The van der Waals surface area contributed by atoms with Crippen LogP contribution in [0, 0.1) is 0 Å². The molecular weight excluding hydrogens is 434 g/mol. The van der Waals surface area contributed by atoms with Gasteiger partial charge in [-0.15, -0.1) is 0 Å². The Bertz CT molecular complexity index is 1160. The highest BCUT2D eigenvalue weighted by atomic mass is 35.5. The predicted octanol–water partition coefficient (Wildman–Crippen LogP) is 3.66. The maximum Gasteiger partial charge on any atom is 0.343 e. The standard InChI is InChI=1S/C23H18ClN3O5/c1-31-17-11-9-16(10-12-17)23(30)32-18-6-4-5-15(13-18)14-25-27-22(29)21(28)26-20-8-3-2-7-19(20)24/h2-14H,1H3,(H,26,28)(H,27,29)/b25-14-. The third-order valence-corrected chi connectivity index (χ3v) is 4.43. The van der Waals surface area contributed by atoms with Crippen LogP contribution in [-0.4, -0.2) is 31.1 Å². The average molecular weight is 452 g/mol. The molecule has 9 heteroatoms. The maximum atomic E-state index is 12.3. The van der Waals surface area contributed by atoms with E-state index in [1.54, 1.807) is 72.8 Å². The van der Waals surface area contributed by atoms with Crippen LogP contribution in [0.2, 0.25) is 5.02 Å². The number of carbonyl (C=O) groups is 3. The summed E-state index contributed by atoms with van der Waals surface area (Å²) in [7, 11) is 1.54. The van der Waals surface area contributed by atoms with E-state index in [9.17, 15) is 14.4 Å². The number of hydrazone groups is 1. The highest BCUT2D eigenvalue weighted by molar-refractivity contribution is 6.41. The Morgan fingerprint density at radius 3 is 2.38 bits per heavy atom. The molecule has 0 heterocycles. The molecule has 0 atom stereocenters. The molecule has 0 aliphatic heterocycles. The fourth-order valence-corrected chi connectivity index (χ4v) is 2.69. The topological polar surface area (TPSA) is 106 Å². The molecule has 3 rings (SSSR count). The van der Waals surface area contributed by atoms with E-state index in [1.807, 2.05) is 0 Å². The molecule has 3 aromatic rings. The number of ether oxygens (including phenoxy) is 2. The van der Waals surface area contributed by atoms with Crippen molar-refractivity contribution in [2.75, 3.05) is 12.4 Å². The zero-order valence-corrected chi connectivity index (χ0v) is 17.6. The lowest BCUT2D eigenvalue weighted by molar-refractivity contribution is -0.136. The smallest absolute Gasteiger partial charge is 0.343 e. The van der Waals surface area contributed by atoms with E-state index in [-0.39, 0.29) is 5.75 Å². The third-order valence-electron chi connectivity index (χ3n) is 4.10. The minimum atomic E-state index is -0.969. The Hall–Kier alpha value is -4.17. The summed E-state index contributed by atoms with van der Waals surface area (Å²) in [5.41, 5.74) is 3.33. The lowest BCUT2D eigenvalue weighted by Crippen LogP contribution is -2.32. The number of carbonyl (C=O) groups excluding carboxylic acids is 3. The quantitative estimate of drug-likeness (QED) is 0.195. The molecule has 2 amide bonds. The number of para-hydroxylation sites is 1. The molecule has 32 heavy (non-hydrogen) atoms. The number of benzene rings is 3. The summed E-state index contributed by atoms with van der Waals surface area (Å²) in [6.45, 7) is 0. The summed E-state index contributed by atoms with van der Waals surface area (Å²) in [6, 6.07) is 19.5. The maximum absolute atomic E-state index is 12.3. The van der Waals surface area contributed by atoms with E-state index < -0.39 is 17.8 Å². The third kappa shape index (κ3) is 6.16. The van der Waals surface area contributed by atoms with E-state index in [1.165, 1.54) is 13.3 Å². The largest absolute Gasteiger partial charge is 0.497 e. The lowest BCUT2D eigenvalue weighted by Gasteiger charge is -2.06. The second kappa shape index (κ2) is 10.7. The highest BCUT2D eigenvalue weighted by Gasteiger charge is 2.14. The summed E-state index contributed by atoms with van der Waals surface area (Å²) in [4.78, 5) is 36.1. The molecule has 0 bridgehead atoms. The SMILES string of the molecule is COc1ccc(C(=O)Oc2cccc(/C=N\NC(=O)C(=O)Nc3ccccc3Cl)c2)cc1. The molecular formula is C23H18ClN3O5. The zero-order chi connectivity index (χ0) is 22.9. The van der Waals surface area contributed by atoms with Gasteiger partial charge in [0, 0.05) is 0 Å². The fraction of sp³-hybridized carbons (Fsp3) is 0.0435. The van der Waals surface area contributed by atoms with E-state index in [4.69, 9.17) is 21.1 Å². The molecule has 0 radical (unpaired) electrons. The van der Waals surface area contributed by atoms with Crippen LogP contribution in [0.1, 0.15) is 15.9 Å². The number of nitrogens with zero attached hydrogens (tertiary/aromatic N) is 1. The fourth-order valence-electron chi connectivity index (χ4n) is 2.51. The van der Waals surface area contributed by atoms with Crippen molar-refractivity contribution in [3.05, 3.63) is 88.9 Å². The van der Waals surface area contributed by atoms with Crippen molar-refractivity contribution in [3.63, 3.8) is 0 Å². The predicted molar refractivity (Wildman–Crippen MR) is 120 cm³/mol. The normalized spacial score (nSPS) is 10.4. The monoisotopic (exact) mass is 451 g/mol. The van der Waals surface area contributed by atoms with Crippen molar-refractivity contribution in [1.29, 1.82) is 0 Å². The number of esters is 1. The van der Waals surface area contributed by atoms with Crippen molar-refractivity contribution < 1.29 is 23.9 Å². The van der Waals surface area contributed by atoms with E-state index in [2.05, 4.69) is 15.8 Å². The molecule has 0 spiro atoms. The van der Waals surface area contributed by atoms with Crippen LogP contribution in [0.5, 0.6) is 11.5 Å². The van der Waals surface area contributed by atoms with Gasteiger partial charge < -0.3 is 14.8 Å². The number of anilines is 1. The minimum Gasteiger partial charge on any atom is -0.497 e. The number of amides is 2. The van der Waals surface area contributed by atoms with Gasteiger partial charge in [0.15, 0.2) is 0 Å². The van der Waals surface area contributed by atoms with Crippen molar-refractivity contribution in [1.82, 2.24) is 5.43 Å². The van der Waals surface area contributed by atoms with Crippen LogP contribution in [0.15, 0.2) is 77.9 Å². The second-order valence-electron chi connectivity index (χ2n) is 6.32. The van der Waals surface area contributed by atoms with Crippen LogP contribution in [-0.2, 0) is 9.59 Å². The van der Waals surface area contributed by atoms with Crippen LogP contribution < -0.4 is 20.2 Å². The molecule has 0 fully saturated rings. The summed E-state index contributed by atoms with van der Waals surface area (Å²) < 4.78 is 10.4. The number of methoxy groups -OCH3 is 1.